The van der Waals surface area contributed by atoms with Crippen molar-refractivity contribution in [3.8, 4) is 11.5 Å². The molecule has 0 bridgehead atoms. The Morgan fingerprint density at radius 3 is 2.45 bits per heavy atom. The highest BCUT2D eigenvalue weighted by atomic mass is 16.5. The number of hydrogen-bond donors (Lipinski definition) is 1. The lowest BCUT2D eigenvalue weighted by atomic mass is 10.0. The smallest absolute Gasteiger partial charge is 0.255 e. The van der Waals surface area contributed by atoms with Gasteiger partial charge in [-0.3, -0.25) is 9.59 Å². The highest BCUT2D eigenvalue weighted by Gasteiger charge is 2.32. The van der Waals surface area contributed by atoms with Crippen LogP contribution in [0.25, 0.3) is 0 Å². The minimum absolute atomic E-state index is 0.0643. The second-order valence-electron chi connectivity index (χ2n) is 8.11. The van der Waals surface area contributed by atoms with Crippen molar-refractivity contribution in [2.24, 2.45) is 0 Å². The van der Waals surface area contributed by atoms with Crippen molar-refractivity contribution in [3.05, 3.63) is 89.0 Å². The Kier molecular flexibility index (Phi) is 6.63. The van der Waals surface area contributed by atoms with Crippen LogP contribution in [-0.4, -0.2) is 37.5 Å². The summed E-state index contributed by atoms with van der Waals surface area (Å²) in [6.45, 7) is 2.58. The lowest BCUT2D eigenvalue weighted by Gasteiger charge is -2.27. The number of hydrogen-bond acceptors (Lipinski definition) is 4. The van der Waals surface area contributed by atoms with Crippen LogP contribution in [0, 0.1) is 6.92 Å². The van der Waals surface area contributed by atoms with Crippen molar-refractivity contribution in [1.29, 1.82) is 0 Å². The predicted molar refractivity (Wildman–Crippen MR) is 128 cm³/mol. The minimum Gasteiger partial charge on any atom is -0.497 e. The van der Waals surface area contributed by atoms with E-state index >= 15 is 0 Å². The van der Waals surface area contributed by atoms with E-state index < -0.39 is 0 Å². The van der Waals surface area contributed by atoms with Crippen molar-refractivity contribution in [3.63, 3.8) is 0 Å². The molecule has 1 saturated heterocycles. The van der Waals surface area contributed by atoms with Crippen LogP contribution in [0.15, 0.2) is 66.7 Å². The van der Waals surface area contributed by atoms with Gasteiger partial charge in [-0.15, -0.1) is 0 Å². The number of likely N-dealkylation sites (tertiary alicyclic amines) is 1. The molecule has 0 aromatic heterocycles. The second-order valence-corrected chi connectivity index (χ2v) is 8.11. The molecule has 1 atom stereocenters. The number of carbonyl (C=O) groups is 2. The van der Waals surface area contributed by atoms with Gasteiger partial charge in [-0.2, -0.15) is 0 Å². The van der Waals surface area contributed by atoms with Crippen molar-refractivity contribution in [2.45, 2.75) is 25.8 Å². The number of rotatable bonds is 6. The molecule has 0 aliphatic carbocycles. The number of ether oxygens (including phenoxy) is 2. The van der Waals surface area contributed by atoms with Gasteiger partial charge in [0.05, 0.1) is 20.3 Å². The third-order valence-electron chi connectivity index (χ3n) is 6.08. The molecular formula is C27H28N2O4. The number of benzene rings is 3. The number of aryl methyl sites for hydroxylation is 1. The summed E-state index contributed by atoms with van der Waals surface area (Å²) >= 11 is 0. The molecule has 0 radical (unpaired) electrons. The maximum atomic E-state index is 13.5. The van der Waals surface area contributed by atoms with Gasteiger partial charge in [0.15, 0.2) is 0 Å². The van der Waals surface area contributed by atoms with Gasteiger partial charge in [-0.1, -0.05) is 24.3 Å². The highest BCUT2D eigenvalue weighted by Crippen LogP contribution is 2.39. The Morgan fingerprint density at radius 2 is 1.73 bits per heavy atom. The maximum absolute atomic E-state index is 13.5. The molecule has 6 nitrogen and oxygen atoms in total. The Bertz CT molecular complexity index is 1160. The normalized spacial score (nSPS) is 15.2. The van der Waals surface area contributed by atoms with E-state index in [4.69, 9.17) is 9.47 Å². The first-order valence-corrected chi connectivity index (χ1v) is 11.0. The topological polar surface area (TPSA) is 67.9 Å². The lowest BCUT2D eigenvalue weighted by molar-refractivity contribution is 0.0734. The standard InChI is InChI=1S/C27H28N2O4/c1-18-11-12-20(16-23(18)28-26(30)19-8-5-4-6-9-19)27(31)29-15-7-10-24(29)22-14-13-21(32-2)17-25(22)33-3/h4-6,8-9,11-14,16-17,24H,7,10,15H2,1-3H3,(H,28,30). The van der Waals surface area contributed by atoms with Gasteiger partial charge >= 0.3 is 0 Å². The molecule has 0 saturated carbocycles. The highest BCUT2D eigenvalue weighted by molar-refractivity contribution is 6.05. The van der Waals surface area contributed by atoms with Gasteiger partial charge in [0, 0.05) is 35.0 Å². The van der Waals surface area contributed by atoms with E-state index in [9.17, 15) is 9.59 Å². The van der Waals surface area contributed by atoms with Crippen LogP contribution in [0.3, 0.4) is 0 Å². The quantitative estimate of drug-likeness (QED) is 0.564. The SMILES string of the molecule is COc1ccc(C2CCCN2C(=O)c2ccc(C)c(NC(=O)c3ccccc3)c2)c(OC)c1. The maximum Gasteiger partial charge on any atom is 0.255 e. The van der Waals surface area contributed by atoms with Crippen LogP contribution >= 0.6 is 0 Å². The number of amides is 2. The fraction of sp³-hybridized carbons (Fsp3) is 0.259. The van der Waals surface area contributed by atoms with E-state index in [2.05, 4.69) is 5.32 Å². The number of carbonyl (C=O) groups excluding carboxylic acids is 2. The summed E-state index contributed by atoms with van der Waals surface area (Å²) in [6.07, 6.45) is 1.77. The first-order valence-electron chi connectivity index (χ1n) is 11.0. The van der Waals surface area contributed by atoms with E-state index in [1.165, 1.54) is 0 Å². The Morgan fingerprint density at radius 1 is 0.939 bits per heavy atom. The van der Waals surface area contributed by atoms with Gasteiger partial charge in [-0.05, 0) is 61.7 Å². The Hall–Kier alpha value is -3.80. The molecule has 1 aliphatic heterocycles. The van der Waals surface area contributed by atoms with E-state index in [1.54, 1.807) is 32.4 Å². The van der Waals surface area contributed by atoms with Crippen LogP contribution in [0.2, 0.25) is 0 Å². The average Bonchev–Trinajstić information content (AvgIpc) is 3.34. The molecular weight excluding hydrogens is 416 g/mol. The van der Waals surface area contributed by atoms with Gasteiger partial charge in [-0.25, -0.2) is 0 Å². The van der Waals surface area contributed by atoms with Crippen molar-refractivity contribution >= 4 is 17.5 Å². The molecule has 170 valence electrons. The van der Waals surface area contributed by atoms with E-state index in [0.717, 1.165) is 24.0 Å². The largest absolute Gasteiger partial charge is 0.497 e. The summed E-state index contributed by atoms with van der Waals surface area (Å²) in [5, 5.41) is 2.94. The van der Waals surface area contributed by atoms with Gasteiger partial charge < -0.3 is 19.7 Å². The second kappa shape index (κ2) is 9.77. The van der Waals surface area contributed by atoms with Gasteiger partial charge in [0.1, 0.15) is 11.5 Å². The lowest BCUT2D eigenvalue weighted by Crippen LogP contribution is -2.31. The number of nitrogens with one attached hydrogen (secondary N) is 1. The molecule has 2 amide bonds. The summed E-state index contributed by atoms with van der Waals surface area (Å²) in [5.74, 6) is 1.15. The Labute approximate surface area is 194 Å². The minimum atomic E-state index is -0.203. The molecule has 1 heterocycles. The predicted octanol–water partition coefficient (Wildman–Crippen LogP) is 5.24. The molecule has 1 unspecified atom stereocenters. The summed E-state index contributed by atoms with van der Waals surface area (Å²) in [5.41, 5.74) is 3.61. The van der Waals surface area contributed by atoms with E-state index in [-0.39, 0.29) is 17.9 Å². The van der Waals surface area contributed by atoms with Crippen molar-refractivity contribution < 1.29 is 19.1 Å². The summed E-state index contributed by atoms with van der Waals surface area (Å²) in [7, 11) is 3.24. The summed E-state index contributed by atoms with van der Waals surface area (Å²) in [6, 6.07) is 20.1. The van der Waals surface area contributed by atoms with Crippen molar-refractivity contribution in [2.75, 3.05) is 26.1 Å². The van der Waals surface area contributed by atoms with Crippen molar-refractivity contribution in [1.82, 2.24) is 4.90 Å². The summed E-state index contributed by atoms with van der Waals surface area (Å²) in [4.78, 5) is 28.0. The molecule has 3 aromatic carbocycles. The van der Waals surface area contributed by atoms with Gasteiger partial charge in [0.2, 0.25) is 0 Å². The van der Waals surface area contributed by atoms with Crippen LogP contribution < -0.4 is 14.8 Å². The zero-order valence-electron chi connectivity index (χ0n) is 19.1. The van der Waals surface area contributed by atoms with E-state index in [0.29, 0.717) is 34.9 Å². The number of methoxy groups -OCH3 is 2. The Balaban J connectivity index is 1.59. The molecule has 0 spiro atoms. The van der Waals surface area contributed by atoms with Crippen LogP contribution in [0.5, 0.6) is 11.5 Å². The third-order valence-corrected chi connectivity index (χ3v) is 6.08. The molecule has 3 aromatic rings. The monoisotopic (exact) mass is 444 g/mol. The van der Waals surface area contributed by atoms with Crippen LogP contribution in [-0.2, 0) is 0 Å². The fourth-order valence-corrected chi connectivity index (χ4v) is 4.27. The molecule has 1 N–H and O–H groups in total. The first-order chi connectivity index (χ1) is 16.0. The fourth-order valence-electron chi connectivity index (χ4n) is 4.27. The molecule has 4 rings (SSSR count). The molecule has 33 heavy (non-hydrogen) atoms. The molecule has 1 fully saturated rings. The zero-order chi connectivity index (χ0) is 23.4. The summed E-state index contributed by atoms with van der Waals surface area (Å²) < 4.78 is 10.9. The first kappa shape index (κ1) is 22.4. The van der Waals surface area contributed by atoms with Crippen LogP contribution in [0.4, 0.5) is 5.69 Å². The zero-order valence-corrected chi connectivity index (χ0v) is 19.1. The molecule has 1 aliphatic rings. The number of nitrogens with zero attached hydrogens (tertiary/aromatic N) is 1. The third kappa shape index (κ3) is 4.70. The number of anilines is 1. The van der Waals surface area contributed by atoms with Gasteiger partial charge in [0.25, 0.3) is 11.8 Å². The van der Waals surface area contributed by atoms with Crippen LogP contribution in [0.1, 0.15) is 50.7 Å². The molecule has 6 heteroatoms. The van der Waals surface area contributed by atoms with E-state index in [1.807, 2.05) is 60.4 Å². The average molecular weight is 445 g/mol.